The van der Waals surface area contributed by atoms with Crippen LogP contribution in [0.2, 0.25) is 0 Å². The number of ether oxygens (including phenoxy) is 1. The van der Waals surface area contributed by atoms with Gasteiger partial charge in [-0.1, -0.05) is 13.8 Å². The van der Waals surface area contributed by atoms with Crippen LogP contribution in [0.3, 0.4) is 0 Å². The molecule has 2 aliphatic heterocycles. The van der Waals surface area contributed by atoms with E-state index in [1.807, 2.05) is 0 Å². The molecule has 100 valence electrons. The summed E-state index contributed by atoms with van der Waals surface area (Å²) in [5.41, 5.74) is 0.862. The second kappa shape index (κ2) is 5.25. The maximum atomic E-state index is 5.64. The van der Waals surface area contributed by atoms with Crippen molar-refractivity contribution in [3.8, 4) is 0 Å². The highest BCUT2D eigenvalue weighted by molar-refractivity contribution is 4.90. The molecule has 2 rings (SSSR count). The average molecular weight is 240 g/mol. The molecule has 0 spiro atoms. The number of likely N-dealkylation sites (tertiary alicyclic amines) is 1. The summed E-state index contributed by atoms with van der Waals surface area (Å²) in [6.07, 6.45) is 3.94. The number of nitrogens with zero attached hydrogens (tertiary/aromatic N) is 1. The Morgan fingerprint density at radius 1 is 1.29 bits per heavy atom. The van der Waals surface area contributed by atoms with E-state index in [2.05, 4.69) is 31.1 Å². The van der Waals surface area contributed by atoms with Crippen LogP contribution in [0.1, 0.15) is 33.1 Å². The van der Waals surface area contributed by atoms with Crippen LogP contribution in [0.25, 0.3) is 0 Å². The third-order valence-electron chi connectivity index (χ3n) is 4.28. The first kappa shape index (κ1) is 13.3. The van der Waals surface area contributed by atoms with Crippen LogP contribution in [0.5, 0.6) is 0 Å². The Hall–Kier alpha value is -0.120. The van der Waals surface area contributed by atoms with Crippen molar-refractivity contribution < 1.29 is 4.74 Å². The highest BCUT2D eigenvalue weighted by Gasteiger charge is 2.38. The Morgan fingerprint density at radius 3 is 2.71 bits per heavy atom. The first-order valence-corrected chi connectivity index (χ1v) is 7.00. The van der Waals surface area contributed by atoms with Crippen molar-refractivity contribution in [3.63, 3.8) is 0 Å². The van der Waals surface area contributed by atoms with E-state index in [1.165, 1.54) is 38.9 Å². The summed E-state index contributed by atoms with van der Waals surface area (Å²) >= 11 is 0. The van der Waals surface area contributed by atoms with E-state index in [4.69, 9.17) is 4.74 Å². The standard InChI is InChI=1S/C14H28N2O/c1-13(2)5-4-7-16(10-13)11-14(9-15-3)6-8-17-12-14/h15H,4-12H2,1-3H3. The molecule has 0 saturated carbocycles. The summed E-state index contributed by atoms with van der Waals surface area (Å²) in [6, 6.07) is 0. The summed E-state index contributed by atoms with van der Waals surface area (Å²) in [7, 11) is 2.06. The van der Waals surface area contributed by atoms with Gasteiger partial charge in [0.1, 0.15) is 0 Å². The highest BCUT2D eigenvalue weighted by Crippen LogP contribution is 2.33. The van der Waals surface area contributed by atoms with Crippen molar-refractivity contribution in [2.75, 3.05) is 46.4 Å². The normalized spacial score (nSPS) is 34.1. The molecule has 1 unspecified atom stereocenters. The molecule has 0 aromatic carbocycles. The number of hydrogen-bond acceptors (Lipinski definition) is 3. The molecule has 0 aliphatic carbocycles. The fraction of sp³-hybridized carbons (Fsp3) is 1.00. The maximum Gasteiger partial charge on any atom is 0.0547 e. The molecule has 0 aromatic rings. The molecule has 2 aliphatic rings. The lowest BCUT2D eigenvalue weighted by atomic mass is 9.81. The fourth-order valence-electron chi connectivity index (χ4n) is 3.50. The predicted octanol–water partition coefficient (Wildman–Crippen LogP) is 1.73. The lowest BCUT2D eigenvalue weighted by Gasteiger charge is -2.42. The van der Waals surface area contributed by atoms with Crippen LogP contribution in [0.15, 0.2) is 0 Å². The first-order chi connectivity index (χ1) is 8.05. The number of rotatable bonds is 4. The average Bonchev–Trinajstić information content (AvgIpc) is 2.65. The molecule has 0 aromatic heterocycles. The van der Waals surface area contributed by atoms with Gasteiger partial charge in [0.05, 0.1) is 6.61 Å². The monoisotopic (exact) mass is 240 g/mol. The van der Waals surface area contributed by atoms with Crippen LogP contribution < -0.4 is 5.32 Å². The molecule has 17 heavy (non-hydrogen) atoms. The van der Waals surface area contributed by atoms with Gasteiger partial charge in [-0.3, -0.25) is 0 Å². The van der Waals surface area contributed by atoms with E-state index < -0.39 is 0 Å². The quantitative estimate of drug-likeness (QED) is 0.810. The second-order valence-electron chi connectivity index (χ2n) is 6.81. The molecule has 3 nitrogen and oxygen atoms in total. The Morgan fingerprint density at radius 2 is 2.12 bits per heavy atom. The van der Waals surface area contributed by atoms with Crippen LogP contribution in [0, 0.1) is 10.8 Å². The summed E-state index contributed by atoms with van der Waals surface area (Å²) in [5.74, 6) is 0. The lowest BCUT2D eigenvalue weighted by molar-refractivity contribution is 0.0592. The second-order valence-corrected chi connectivity index (χ2v) is 6.81. The van der Waals surface area contributed by atoms with Crippen molar-refractivity contribution in [1.82, 2.24) is 10.2 Å². The third-order valence-corrected chi connectivity index (χ3v) is 4.28. The van der Waals surface area contributed by atoms with Gasteiger partial charge in [0.2, 0.25) is 0 Å². The van der Waals surface area contributed by atoms with Crippen molar-refractivity contribution in [2.45, 2.75) is 33.1 Å². The summed E-state index contributed by atoms with van der Waals surface area (Å²) < 4.78 is 5.64. The molecular formula is C14H28N2O. The fourth-order valence-corrected chi connectivity index (χ4v) is 3.50. The largest absolute Gasteiger partial charge is 0.381 e. The molecule has 0 radical (unpaired) electrons. The number of hydrogen-bond donors (Lipinski definition) is 1. The SMILES string of the molecule is CNCC1(CN2CCCC(C)(C)C2)CCOC1. The lowest BCUT2D eigenvalue weighted by Crippen LogP contribution is -2.49. The Balaban J connectivity index is 1.93. The molecule has 2 saturated heterocycles. The Bertz CT molecular complexity index is 247. The van der Waals surface area contributed by atoms with Crippen LogP contribution in [-0.4, -0.2) is 51.3 Å². The maximum absolute atomic E-state index is 5.64. The molecule has 0 bridgehead atoms. The Labute approximate surface area is 106 Å². The first-order valence-electron chi connectivity index (χ1n) is 7.00. The predicted molar refractivity (Wildman–Crippen MR) is 71.3 cm³/mol. The van der Waals surface area contributed by atoms with E-state index in [9.17, 15) is 0 Å². The van der Waals surface area contributed by atoms with E-state index in [1.54, 1.807) is 0 Å². The zero-order valence-electron chi connectivity index (χ0n) is 11.7. The van der Waals surface area contributed by atoms with Crippen molar-refractivity contribution in [1.29, 1.82) is 0 Å². The van der Waals surface area contributed by atoms with Crippen molar-refractivity contribution >= 4 is 0 Å². The van der Waals surface area contributed by atoms with Gasteiger partial charge in [-0.25, -0.2) is 0 Å². The Kier molecular flexibility index (Phi) is 4.11. The van der Waals surface area contributed by atoms with E-state index in [-0.39, 0.29) is 0 Å². The minimum absolute atomic E-state index is 0.363. The topological polar surface area (TPSA) is 24.5 Å². The van der Waals surface area contributed by atoms with E-state index in [0.717, 1.165) is 19.8 Å². The van der Waals surface area contributed by atoms with Crippen LogP contribution in [-0.2, 0) is 4.74 Å². The van der Waals surface area contributed by atoms with Gasteiger partial charge >= 0.3 is 0 Å². The van der Waals surface area contributed by atoms with Crippen LogP contribution in [0.4, 0.5) is 0 Å². The van der Waals surface area contributed by atoms with Gasteiger partial charge < -0.3 is 15.0 Å². The van der Waals surface area contributed by atoms with E-state index in [0.29, 0.717) is 10.8 Å². The molecule has 1 atom stereocenters. The van der Waals surface area contributed by atoms with Crippen molar-refractivity contribution in [3.05, 3.63) is 0 Å². The minimum atomic E-state index is 0.363. The zero-order chi connectivity index (χ0) is 12.4. The smallest absolute Gasteiger partial charge is 0.0547 e. The molecule has 3 heteroatoms. The zero-order valence-corrected chi connectivity index (χ0v) is 11.7. The van der Waals surface area contributed by atoms with Gasteiger partial charge in [-0.2, -0.15) is 0 Å². The molecule has 2 heterocycles. The van der Waals surface area contributed by atoms with Gasteiger partial charge in [0.15, 0.2) is 0 Å². The van der Waals surface area contributed by atoms with Gasteiger partial charge in [0, 0.05) is 31.7 Å². The summed E-state index contributed by atoms with van der Waals surface area (Å²) in [5, 5.41) is 3.35. The molecule has 1 N–H and O–H groups in total. The molecule has 0 amide bonds. The van der Waals surface area contributed by atoms with Crippen molar-refractivity contribution in [2.24, 2.45) is 10.8 Å². The van der Waals surface area contributed by atoms with Gasteiger partial charge in [-0.05, 0) is 38.3 Å². The minimum Gasteiger partial charge on any atom is -0.381 e. The molecular weight excluding hydrogens is 212 g/mol. The van der Waals surface area contributed by atoms with Crippen LogP contribution >= 0.6 is 0 Å². The third kappa shape index (κ3) is 3.43. The van der Waals surface area contributed by atoms with Gasteiger partial charge in [0.25, 0.3) is 0 Å². The number of nitrogens with one attached hydrogen (secondary N) is 1. The molecule has 2 fully saturated rings. The number of piperidine rings is 1. The highest BCUT2D eigenvalue weighted by atomic mass is 16.5. The van der Waals surface area contributed by atoms with E-state index >= 15 is 0 Å². The summed E-state index contributed by atoms with van der Waals surface area (Å²) in [6.45, 7) is 11.5. The summed E-state index contributed by atoms with van der Waals surface area (Å²) in [4.78, 5) is 2.66. The van der Waals surface area contributed by atoms with Gasteiger partial charge in [-0.15, -0.1) is 0 Å².